The Morgan fingerprint density at radius 3 is 2.02 bits per heavy atom. The molecular formula is C39H43N3O3S. The molecule has 0 N–H and O–H groups in total. The van der Waals surface area contributed by atoms with Gasteiger partial charge in [-0.1, -0.05) is 115 Å². The lowest BCUT2D eigenvalue weighted by atomic mass is 9.88. The average Bonchev–Trinajstić information content (AvgIpc) is 3.40. The van der Waals surface area contributed by atoms with Gasteiger partial charge in [0.1, 0.15) is 12.1 Å². The number of nitrogens with zero attached hydrogens (tertiary/aromatic N) is 3. The van der Waals surface area contributed by atoms with Crippen LogP contribution in [0.1, 0.15) is 56.2 Å². The molecule has 7 heteroatoms. The van der Waals surface area contributed by atoms with Crippen molar-refractivity contribution in [2.75, 3.05) is 18.8 Å². The maximum absolute atomic E-state index is 14.0. The van der Waals surface area contributed by atoms with Crippen LogP contribution in [0.25, 0.3) is 11.0 Å². The highest BCUT2D eigenvalue weighted by atomic mass is 32.2. The zero-order valence-corrected chi connectivity index (χ0v) is 27.8. The third-order valence-electron chi connectivity index (χ3n) is 7.78. The van der Waals surface area contributed by atoms with Crippen molar-refractivity contribution < 1.29 is 14.3 Å². The van der Waals surface area contributed by atoms with Crippen LogP contribution in [0.3, 0.4) is 0 Å². The minimum absolute atomic E-state index is 0.0174. The molecule has 1 aromatic heterocycles. The van der Waals surface area contributed by atoms with Crippen LogP contribution in [0.5, 0.6) is 0 Å². The standard InChI is InChI=1S/C39H43N3O3S/c1-39(2,3)45-37(44)29-42-35-23-14-13-22-34(35)40-38(42)46-27-15-25-41(26-24-30-16-7-4-8-17-30)36(43)28-33(31-18-9-5-10-19-31)32-20-11-6-12-21-32/h4-14,16-23,33H,15,24-29H2,1-3H3. The van der Waals surface area contributed by atoms with E-state index in [-0.39, 0.29) is 24.3 Å². The molecule has 0 saturated heterocycles. The number of esters is 1. The number of ether oxygens (including phenoxy) is 1. The highest BCUT2D eigenvalue weighted by Gasteiger charge is 2.23. The van der Waals surface area contributed by atoms with Crippen molar-refractivity contribution in [1.82, 2.24) is 14.5 Å². The second-order valence-electron chi connectivity index (χ2n) is 12.5. The summed E-state index contributed by atoms with van der Waals surface area (Å²) < 4.78 is 7.56. The van der Waals surface area contributed by atoms with E-state index in [4.69, 9.17) is 9.72 Å². The largest absolute Gasteiger partial charge is 0.459 e. The van der Waals surface area contributed by atoms with Crippen LogP contribution < -0.4 is 0 Å². The van der Waals surface area contributed by atoms with Gasteiger partial charge in [0.05, 0.1) is 11.0 Å². The van der Waals surface area contributed by atoms with Gasteiger partial charge in [-0.05, 0) is 62.4 Å². The van der Waals surface area contributed by atoms with Gasteiger partial charge in [0, 0.05) is 31.2 Å². The highest BCUT2D eigenvalue weighted by molar-refractivity contribution is 7.99. The third kappa shape index (κ3) is 9.33. The van der Waals surface area contributed by atoms with Crippen LogP contribution in [0, 0.1) is 0 Å². The number of para-hydroxylation sites is 2. The summed E-state index contributed by atoms with van der Waals surface area (Å²) in [5, 5.41) is 0.780. The normalized spacial score (nSPS) is 11.6. The number of hydrogen-bond acceptors (Lipinski definition) is 5. The summed E-state index contributed by atoms with van der Waals surface area (Å²) in [6, 6.07) is 38.8. The molecule has 0 radical (unpaired) electrons. The molecule has 238 valence electrons. The molecule has 4 aromatic carbocycles. The number of imidazole rings is 1. The third-order valence-corrected chi connectivity index (χ3v) is 8.84. The van der Waals surface area contributed by atoms with Crippen molar-refractivity contribution in [3.8, 4) is 0 Å². The predicted molar refractivity (Wildman–Crippen MR) is 187 cm³/mol. The number of carbonyl (C=O) groups excluding carboxylic acids is 2. The lowest BCUT2D eigenvalue weighted by Crippen LogP contribution is -2.35. The van der Waals surface area contributed by atoms with E-state index in [0.717, 1.165) is 45.9 Å². The van der Waals surface area contributed by atoms with Gasteiger partial charge < -0.3 is 14.2 Å². The lowest BCUT2D eigenvalue weighted by molar-refractivity contribution is -0.155. The van der Waals surface area contributed by atoms with Crippen LogP contribution in [-0.2, 0) is 27.3 Å². The Morgan fingerprint density at radius 1 is 0.804 bits per heavy atom. The van der Waals surface area contributed by atoms with Crippen LogP contribution in [0.4, 0.5) is 0 Å². The number of amides is 1. The van der Waals surface area contributed by atoms with Crippen molar-refractivity contribution in [3.63, 3.8) is 0 Å². The molecule has 46 heavy (non-hydrogen) atoms. The van der Waals surface area contributed by atoms with E-state index in [1.807, 2.05) is 109 Å². The first-order valence-electron chi connectivity index (χ1n) is 16.0. The number of benzene rings is 4. The minimum atomic E-state index is -0.559. The van der Waals surface area contributed by atoms with Gasteiger partial charge in [-0.3, -0.25) is 9.59 Å². The van der Waals surface area contributed by atoms with E-state index >= 15 is 0 Å². The van der Waals surface area contributed by atoms with E-state index in [1.165, 1.54) is 5.56 Å². The first-order chi connectivity index (χ1) is 22.3. The summed E-state index contributed by atoms with van der Waals surface area (Å²) in [6.45, 7) is 7.02. The zero-order chi connectivity index (χ0) is 32.4. The lowest BCUT2D eigenvalue weighted by Gasteiger charge is -2.26. The molecule has 0 aliphatic heterocycles. The van der Waals surface area contributed by atoms with Gasteiger partial charge in [0.15, 0.2) is 5.16 Å². The van der Waals surface area contributed by atoms with Gasteiger partial charge in [0.2, 0.25) is 5.91 Å². The molecule has 0 bridgehead atoms. The van der Waals surface area contributed by atoms with Crippen LogP contribution >= 0.6 is 11.8 Å². The smallest absolute Gasteiger partial charge is 0.326 e. The molecule has 6 nitrogen and oxygen atoms in total. The van der Waals surface area contributed by atoms with E-state index in [9.17, 15) is 9.59 Å². The van der Waals surface area contributed by atoms with Gasteiger partial charge in [-0.25, -0.2) is 4.98 Å². The van der Waals surface area contributed by atoms with Gasteiger partial charge in [-0.15, -0.1) is 0 Å². The molecule has 0 fully saturated rings. The molecule has 0 atom stereocenters. The number of fused-ring (bicyclic) bond motifs is 1. The van der Waals surface area contributed by atoms with Gasteiger partial charge in [0.25, 0.3) is 0 Å². The Kier molecular flexibility index (Phi) is 11.3. The van der Waals surface area contributed by atoms with E-state index < -0.39 is 5.60 Å². The summed E-state index contributed by atoms with van der Waals surface area (Å²) in [4.78, 5) is 33.7. The minimum Gasteiger partial charge on any atom is -0.459 e. The number of carbonyl (C=O) groups is 2. The van der Waals surface area contributed by atoms with Crippen molar-refractivity contribution in [2.45, 2.75) is 63.3 Å². The van der Waals surface area contributed by atoms with Crippen molar-refractivity contribution >= 4 is 34.7 Å². The molecule has 0 spiro atoms. The Balaban J connectivity index is 1.29. The van der Waals surface area contributed by atoms with Crippen molar-refractivity contribution in [1.29, 1.82) is 0 Å². The second kappa shape index (κ2) is 15.8. The van der Waals surface area contributed by atoms with E-state index in [1.54, 1.807) is 11.8 Å². The fourth-order valence-electron chi connectivity index (χ4n) is 5.61. The number of thioether (sulfide) groups is 1. The first kappa shape index (κ1) is 33.0. The van der Waals surface area contributed by atoms with E-state index in [0.29, 0.717) is 19.5 Å². The Morgan fingerprint density at radius 2 is 1.39 bits per heavy atom. The maximum atomic E-state index is 14.0. The molecule has 1 amide bonds. The quantitative estimate of drug-likeness (QED) is 0.0702. The van der Waals surface area contributed by atoms with Gasteiger partial charge in [-0.2, -0.15) is 0 Å². The Bertz CT molecular complexity index is 1660. The average molecular weight is 634 g/mol. The molecule has 1 heterocycles. The molecule has 0 unspecified atom stereocenters. The maximum Gasteiger partial charge on any atom is 0.326 e. The second-order valence-corrected chi connectivity index (χ2v) is 13.5. The molecule has 0 saturated carbocycles. The van der Waals surface area contributed by atoms with E-state index in [2.05, 4.69) is 36.4 Å². The molecular weight excluding hydrogens is 591 g/mol. The number of rotatable bonds is 14. The summed E-state index contributed by atoms with van der Waals surface area (Å²) in [6.07, 6.45) is 2.00. The molecule has 0 aliphatic carbocycles. The van der Waals surface area contributed by atoms with Crippen LogP contribution in [-0.4, -0.2) is 50.8 Å². The number of aromatic nitrogens is 2. The SMILES string of the molecule is CC(C)(C)OC(=O)Cn1c(SCCCN(CCc2ccccc2)C(=O)CC(c2ccccc2)c2ccccc2)nc2ccccc21. The summed E-state index contributed by atoms with van der Waals surface area (Å²) in [5.41, 5.74) is 4.70. The molecule has 5 aromatic rings. The number of hydrogen-bond donors (Lipinski definition) is 0. The fourth-order valence-corrected chi connectivity index (χ4v) is 6.55. The first-order valence-corrected chi connectivity index (χ1v) is 17.0. The zero-order valence-electron chi connectivity index (χ0n) is 27.0. The Labute approximate surface area is 276 Å². The monoisotopic (exact) mass is 633 g/mol. The molecule has 0 aliphatic rings. The van der Waals surface area contributed by atoms with Crippen molar-refractivity contribution in [3.05, 3.63) is 132 Å². The fraction of sp³-hybridized carbons (Fsp3) is 0.308. The molecule has 5 rings (SSSR count). The topological polar surface area (TPSA) is 64.4 Å². The van der Waals surface area contributed by atoms with Crippen LogP contribution in [0.15, 0.2) is 120 Å². The summed E-state index contributed by atoms with van der Waals surface area (Å²) in [5.74, 6) is 0.599. The summed E-state index contributed by atoms with van der Waals surface area (Å²) in [7, 11) is 0. The van der Waals surface area contributed by atoms with Crippen molar-refractivity contribution in [2.24, 2.45) is 0 Å². The van der Waals surface area contributed by atoms with Gasteiger partial charge >= 0.3 is 5.97 Å². The highest BCUT2D eigenvalue weighted by Crippen LogP contribution is 2.29. The Hall–Kier alpha value is -4.36. The van der Waals surface area contributed by atoms with Crippen LogP contribution in [0.2, 0.25) is 0 Å². The summed E-state index contributed by atoms with van der Waals surface area (Å²) >= 11 is 1.61. The predicted octanol–water partition coefficient (Wildman–Crippen LogP) is 8.15.